The molecule has 10 atom stereocenters. The van der Waals surface area contributed by atoms with Crippen molar-refractivity contribution < 1.29 is 67.7 Å². The number of amides is 10. The molecule has 32 nitrogen and oxygen atoms in total. The average molecular weight is 1240 g/mol. The molecule has 0 aliphatic rings. The van der Waals surface area contributed by atoms with Crippen LogP contribution in [0.15, 0.2) is 9.98 Å². The van der Waals surface area contributed by atoms with Gasteiger partial charge in [0.15, 0.2) is 11.9 Å². The number of nitrogens with two attached hydrogens (primary N) is 7. The second-order valence-electron chi connectivity index (χ2n) is 22.5. The minimum Gasteiger partial charge on any atom is -0.481 e. The van der Waals surface area contributed by atoms with Crippen molar-refractivity contribution in [3.63, 3.8) is 0 Å². The van der Waals surface area contributed by atoms with Gasteiger partial charge in [-0.3, -0.25) is 62.7 Å². The zero-order valence-electron chi connectivity index (χ0n) is 50.8. The third kappa shape index (κ3) is 33.2. The zero-order chi connectivity index (χ0) is 66.0. The lowest BCUT2D eigenvalue weighted by Crippen LogP contribution is -2.61. The molecule has 0 unspecified atom stereocenters. The van der Waals surface area contributed by atoms with Gasteiger partial charge >= 0.3 is 11.9 Å². The van der Waals surface area contributed by atoms with Crippen molar-refractivity contribution in [2.45, 2.75) is 199 Å². The molecule has 0 spiro atoms. The van der Waals surface area contributed by atoms with Crippen LogP contribution in [0.25, 0.3) is 0 Å². The molecule has 0 aliphatic carbocycles. The van der Waals surface area contributed by atoms with Gasteiger partial charge in [-0.05, 0) is 94.4 Å². The van der Waals surface area contributed by atoms with Crippen molar-refractivity contribution in [3.8, 4) is 0 Å². The van der Waals surface area contributed by atoms with Crippen molar-refractivity contribution in [2.24, 2.45) is 73.8 Å². The maximum absolute atomic E-state index is 14.4. The first-order valence-corrected chi connectivity index (χ1v) is 29.4. The van der Waals surface area contributed by atoms with Crippen LogP contribution < -0.4 is 88.0 Å². The number of carboxylic acids is 2. The molecule has 0 rings (SSSR count). The lowest BCUT2D eigenvalue weighted by molar-refractivity contribution is -0.143. The lowest BCUT2D eigenvalue weighted by atomic mass is 9.98. The molecule has 86 heavy (non-hydrogen) atoms. The summed E-state index contributed by atoms with van der Waals surface area (Å²) < 4.78 is 0. The molecule has 10 amide bonds. The molecule has 0 aromatic carbocycles. The van der Waals surface area contributed by atoms with Crippen molar-refractivity contribution in [2.75, 3.05) is 25.4 Å². The van der Waals surface area contributed by atoms with Gasteiger partial charge in [-0.25, -0.2) is 4.79 Å². The number of nitrogens with one attached hydrogen (secondary N) is 9. The van der Waals surface area contributed by atoms with Gasteiger partial charge < -0.3 is 98.2 Å². The van der Waals surface area contributed by atoms with Crippen LogP contribution in [0.2, 0.25) is 0 Å². The normalized spacial score (nSPS) is 14.7. The minimum absolute atomic E-state index is 0.00589. The van der Waals surface area contributed by atoms with Gasteiger partial charge in [-0.1, -0.05) is 61.8 Å². The number of carboxylic acid groups (broad SMARTS) is 2. The standard InChI is InChI=1S/C53H98N18O14S/c1-26(2)21-34(68-50(83)41(29(7)8)71-48(81)35(22-27(3)4)66-42(75)30(55)13-9-10-18-54)46(79)67-36(24-40(73)74)47(80)64-31(14-11-19-61-52(57)58)43(76)63-32(15-12-20-62-53(59)60)44(77)70-38(25-86)49(82)65-33(16-17-39(56)72)45(78)69-37(51(84)85)23-28(5)6/h26-38,41,86H,9-25,54-55H2,1-8H3,(H2,56,72)(H,63,76)(H,64,80)(H,65,82)(H,66,75)(H,67,79)(H,68,83)(H,69,78)(H,70,77)(H,71,81)(H,73,74)(H,84,85)(H4,57,58,61)(H4,59,60,62)/t30-,31-,32-,33-,34-,35-,36-,37-,38-,41-/m0/s1. The number of unbranched alkanes of at least 4 members (excludes halogenated alkanes) is 1. The first-order chi connectivity index (χ1) is 40.1. The molecule has 0 saturated heterocycles. The molecular formula is C53H98N18O14S. The number of guanidine groups is 2. The van der Waals surface area contributed by atoms with Gasteiger partial charge in [-0.2, -0.15) is 12.6 Å². The summed E-state index contributed by atoms with van der Waals surface area (Å²) in [6.45, 7) is 14.1. The summed E-state index contributed by atoms with van der Waals surface area (Å²) in [7, 11) is 0. The van der Waals surface area contributed by atoms with E-state index in [1.165, 1.54) is 0 Å². The Hall–Kier alpha value is -7.55. The van der Waals surface area contributed by atoms with Gasteiger partial charge in [0.1, 0.15) is 54.4 Å². The van der Waals surface area contributed by atoms with Crippen LogP contribution in [0.1, 0.15) is 139 Å². The van der Waals surface area contributed by atoms with Crippen LogP contribution in [-0.4, -0.2) is 179 Å². The van der Waals surface area contributed by atoms with Gasteiger partial charge in [0.05, 0.1) is 12.5 Å². The fourth-order valence-corrected chi connectivity index (χ4v) is 8.64. The van der Waals surface area contributed by atoms with E-state index >= 15 is 0 Å². The quantitative estimate of drug-likeness (QED) is 0.0118. The van der Waals surface area contributed by atoms with E-state index in [9.17, 15) is 67.7 Å². The molecule has 0 aromatic rings. The van der Waals surface area contributed by atoms with E-state index < -0.39 is 156 Å². The Balaban J connectivity index is 7.03. The van der Waals surface area contributed by atoms with Gasteiger partial charge in [0.2, 0.25) is 59.1 Å². The number of thiol groups is 1. The van der Waals surface area contributed by atoms with Crippen molar-refractivity contribution >= 4 is 95.6 Å². The van der Waals surface area contributed by atoms with Crippen molar-refractivity contribution in [1.29, 1.82) is 0 Å². The summed E-state index contributed by atoms with van der Waals surface area (Å²) in [6.07, 6.45) is -0.578. The molecule has 0 fully saturated rings. The summed E-state index contributed by atoms with van der Waals surface area (Å²) in [5.74, 6) is -14.2. The first kappa shape index (κ1) is 78.5. The second-order valence-corrected chi connectivity index (χ2v) is 22.9. The van der Waals surface area contributed by atoms with E-state index in [0.29, 0.717) is 25.8 Å². The minimum atomic E-state index is -1.91. The molecule has 25 N–H and O–H groups in total. The Morgan fingerprint density at radius 2 is 0.791 bits per heavy atom. The highest BCUT2D eigenvalue weighted by Crippen LogP contribution is 2.14. The van der Waals surface area contributed by atoms with E-state index in [1.807, 2.05) is 13.8 Å². The van der Waals surface area contributed by atoms with Crippen LogP contribution in [0.3, 0.4) is 0 Å². The molecule has 0 heterocycles. The number of carbonyl (C=O) groups excluding carboxylic acids is 10. The smallest absolute Gasteiger partial charge is 0.326 e. The van der Waals surface area contributed by atoms with E-state index in [1.54, 1.807) is 41.5 Å². The highest BCUT2D eigenvalue weighted by Gasteiger charge is 2.37. The number of primary amides is 1. The SMILES string of the molecule is CC(C)C[C@H](NC(=O)[C@H](CCC(N)=O)NC(=O)[C@H](CS)NC(=O)[C@H](CCCN=C(N)N)NC(=O)[C@H](CCCN=C(N)N)NC(=O)[C@H](CC(=O)O)NC(=O)[C@H](CC(C)C)NC(=O)[C@@H](NC(=O)[C@H](CC(C)C)NC(=O)[C@@H](N)CCCCN)C(C)C)C(=O)O. The summed E-state index contributed by atoms with van der Waals surface area (Å²) in [6, 6.07) is -14.2. The Morgan fingerprint density at radius 1 is 0.430 bits per heavy atom. The van der Waals surface area contributed by atoms with Crippen LogP contribution in [0.5, 0.6) is 0 Å². The number of nitrogens with zero attached hydrogens (tertiary/aromatic N) is 2. The number of aliphatic imine (C=N–C) groups is 2. The van der Waals surface area contributed by atoms with Crippen molar-refractivity contribution in [1.82, 2.24) is 47.9 Å². The Labute approximate surface area is 508 Å². The van der Waals surface area contributed by atoms with Gasteiger partial charge in [-0.15, -0.1) is 0 Å². The molecule has 0 aromatic heterocycles. The van der Waals surface area contributed by atoms with Crippen LogP contribution in [0.4, 0.5) is 0 Å². The average Bonchev–Trinajstić information content (AvgIpc) is 3.63. The third-order valence-electron chi connectivity index (χ3n) is 12.9. The number of rotatable bonds is 44. The maximum atomic E-state index is 14.4. The highest BCUT2D eigenvalue weighted by molar-refractivity contribution is 7.80. The third-order valence-corrected chi connectivity index (χ3v) is 13.2. The molecule has 0 aliphatic heterocycles. The number of hydrogen-bond acceptors (Lipinski definition) is 17. The summed E-state index contributed by atoms with van der Waals surface area (Å²) in [5, 5.41) is 42.2. The molecular weight excluding hydrogens is 1140 g/mol. The second kappa shape index (κ2) is 41.5. The van der Waals surface area contributed by atoms with E-state index in [-0.39, 0.29) is 94.1 Å². The predicted molar refractivity (Wildman–Crippen MR) is 323 cm³/mol. The fraction of sp³-hybridized carbons (Fsp3) is 0.736. The highest BCUT2D eigenvalue weighted by atomic mass is 32.1. The van der Waals surface area contributed by atoms with E-state index in [2.05, 4.69) is 70.5 Å². The summed E-state index contributed by atoms with van der Waals surface area (Å²) >= 11 is 4.20. The first-order valence-electron chi connectivity index (χ1n) is 28.8. The Bertz CT molecular complexity index is 2320. The van der Waals surface area contributed by atoms with Crippen LogP contribution >= 0.6 is 12.6 Å². The maximum Gasteiger partial charge on any atom is 0.326 e. The Kier molecular flexibility index (Phi) is 37.8. The largest absolute Gasteiger partial charge is 0.481 e. The summed E-state index contributed by atoms with van der Waals surface area (Å²) in [5.41, 5.74) is 39.0. The molecule has 0 radical (unpaired) electrons. The Morgan fingerprint density at radius 3 is 1.19 bits per heavy atom. The molecule has 0 saturated carbocycles. The predicted octanol–water partition coefficient (Wildman–Crippen LogP) is -4.54. The van der Waals surface area contributed by atoms with E-state index in [4.69, 9.17) is 40.1 Å². The topological polar surface area (TPSA) is 560 Å². The van der Waals surface area contributed by atoms with Crippen LogP contribution in [-0.2, 0) is 57.5 Å². The summed E-state index contributed by atoms with van der Waals surface area (Å²) in [4.78, 5) is 169. The van der Waals surface area contributed by atoms with Crippen molar-refractivity contribution in [3.05, 3.63) is 0 Å². The number of aliphatic carboxylic acids is 2. The molecule has 0 bridgehead atoms. The van der Waals surface area contributed by atoms with Gasteiger partial charge in [0, 0.05) is 25.3 Å². The zero-order valence-corrected chi connectivity index (χ0v) is 51.7. The lowest BCUT2D eigenvalue weighted by Gasteiger charge is -2.29. The monoisotopic (exact) mass is 1240 g/mol. The van der Waals surface area contributed by atoms with Crippen LogP contribution in [0, 0.1) is 23.7 Å². The molecule has 490 valence electrons. The molecule has 33 heteroatoms. The fourth-order valence-electron chi connectivity index (χ4n) is 8.38. The number of hydrogen-bond donors (Lipinski definition) is 19. The number of carbonyl (C=O) groups is 12. The van der Waals surface area contributed by atoms with E-state index in [0.717, 1.165) is 0 Å². The van der Waals surface area contributed by atoms with Gasteiger partial charge in [0.25, 0.3) is 0 Å².